The molecule has 0 atom stereocenters. The molecule has 1 saturated heterocycles. The van der Waals surface area contributed by atoms with Crippen LogP contribution in [0.1, 0.15) is 49.8 Å². The fraction of sp³-hybridized carbons (Fsp3) is 0.722. The molecule has 3 aliphatic rings. The zero-order valence-electron chi connectivity index (χ0n) is 14.4. The predicted molar refractivity (Wildman–Crippen MR) is 94.0 cm³/mol. The third-order valence-electron chi connectivity index (χ3n) is 6.06. The Kier molecular flexibility index (Phi) is 4.17. The van der Waals surface area contributed by atoms with Gasteiger partial charge in [-0.1, -0.05) is 6.07 Å². The fourth-order valence-corrected chi connectivity index (χ4v) is 5.85. The third-order valence-corrected chi connectivity index (χ3v) is 8.07. The molecule has 1 aliphatic heterocycles. The van der Waals surface area contributed by atoms with E-state index in [1.165, 1.54) is 24.1 Å². The molecule has 132 valence electrons. The maximum atomic E-state index is 12.0. The highest BCUT2D eigenvalue weighted by Crippen LogP contribution is 2.49. The third kappa shape index (κ3) is 3.37. The number of nitrogens with zero attached hydrogens (tertiary/aromatic N) is 2. The smallest absolute Gasteiger partial charge is 0.214 e. The highest BCUT2D eigenvalue weighted by Gasteiger charge is 2.48. The molecule has 5 nitrogen and oxygen atoms in total. The summed E-state index contributed by atoms with van der Waals surface area (Å²) in [4.78, 5) is 6.99. The molecule has 0 bridgehead atoms. The van der Waals surface area contributed by atoms with Crippen LogP contribution in [0.5, 0.6) is 0 Å². The van der Waals surface area contributed by atoms with Crippen molar-refractivity contribution in [3.63, 3.8) is 0 Å². The maximum absolute atomic E-state index is 12.0. The largest absolute Gasteiger partial charge is 0.297 e. The van der Waals surface area contributed by atoms with E-state index < -0.39 is 10.0 Å². The van der Waals surface area contributed by atoms with Crippen molar-refractivity contribution in [3.05, 3.63) is 29.6 Å². The van der Waals surface area contributed by atoms with Gasteiger partial charge in [-0.25, -0.2) is 13.1 Å². The Hall–Kier alpha value is -0.980. The molecule has 1 aromatic rings. The van der Waals surface area contributed by atoms with Crippen LogP contribution in [0.15, 0.2) is 18.3 Å². The second-order valence-corrected chi connectivity index (χ2v) is 10.0. The zero-order chi connectivity index (χ0) is 16.8. The molecule has 4 rings (SSSR count). The minimum atomic E-state index is -3.03. The molecule has 2 aliphatic carbocycles. The summed E-state index contributed by atoms with van der Waals surface area (Å²) in [7, 11) is -3.03. The first-order chi connectivity index (χ1) is 11.5. The van der Waals surface area contributed by atoms with Crippen molar-refractivity contribution < 1.29 is 8.42 Å². The molecular weight excluding hydrogens is 322 g/mol. The van der Waals surface area contributed by atoms with Crippen molar-refractivity contribution in [2.45, 2.75) is 63.3 Å². The maximum Gasteiger partial charge on any atom is 0.214 e. The van der Waals surface area contributed by atoms with Gasteiger partial charge in [0.25, 0.3) is 0 Å². The van der Waals surface area contributed by atoms with Crippen LogP contribution >= 0.6 is 0 Å². The number of rotatable bonds is 5. The number of sulfonamides is 1. The summed E-state index contributed by atoms with van der Waals surface area (Å²) in [6, 6.07) is 4.29. The van der Waals surface area contributed by atoms with Crippen molar-refractivity contribution in [1.29, 1.82) is 0 Å². The van der Waals surface area contributed by atoms with Gasteiger partial charge < -0.3 is 0 Å². The average Bonchev–Trinajstić information content (AvgIpc) is 3.35. The summed E-state index contributed by atoms with van der Waals surface area (Å²) in [6.07, 6.45) is 7.96. The summed E-state index contributed by atoms with van der Waals surface area (Å²) in [5, 5.41) is -0.0995. The van der Waals surface area contributed by atoms with Crippen molar-refractivity contribution in [1.82, 2.24) is 14.6 Å². The summed E-state index contributed by atoms with van der Waals surface area (Å²) < 4.78 is 27.0. The Morgan fingerprint density at radius 3 is 2.62 bits per heavy atom. The van der Waals surface area contributed by atoms with Crippen molar-refractivity contribution >= 4 is 10.0 Å². The van der Waals surface area contributed by atoms with Crippen LogP contribution in [-0.2, 0) is 16.6 Å². The number of likely N-dealkylation sites (tertiary alicyclic amines) is 1. The van der Waals surface area contributed by atoms with Gasteiger partial charge in [0.05, 0.1) is 10.9 Å². The first kappa shape index (κ1) is 16.5. The van der Waals surface area contributed by atoms with Gasteiger partial charge in [0.15, 0.2) is 0 Å². The standard InChI is InChI=1S/C18H27N3O2S/c1-14-3-2-8-19-17(14)13-21-9-6-18(7-10-21)11-15(12-18)20-24(22,23)16-4-5-16/h2-3,8,15-16,20H,4-7,9-13H2,1H3. The number of nitrogens with one attached hydrogen (secondary N) is 1. The van der Waals surface area contributed by atoms with E-state index in [9.17, 15) is 8.42 Å². The fourth-order valence-electron chi connectivity index (χ4n) is 4.27. The van der Waals surface area contributed by atoms with Crippen molar-refractivity contribution in [3.8, 4) is 0 Å². The summed E-state index contributed by atoms with van der Waals surface area (Å²) in [6.45, 7) is 5.24. The highest BCUT2D eigenvalue weighted by atomic mass is 32.2. The summed E-state index contributed by atoms with van der Waals surface area (Å²) in [5.74, 6) is 0. The molecule has 2 saturated carbocycles. The van der Waals surface area contributed by atoms with Gasteiger partial charge in [-0.15, -0.1) is 0 Å². The molecule has 1 spiro atoms. The topological polar surface area (TPSA) is 62.3 Å². The van der Waals surface area contributed by atoms with Gasteiger partial charge in [-0.05, 0) is 75.6 Å². The number of aryl methyl sites for hydroxylation is 1. The first-order valence-electron chi connectivity index (χ1n) is 9.10. The normalized spacial score (nSPS) is 24.9. The van der Waals surface area contributed by atoms with Crippen LogP contribution in [0.3, 0.4) is 0 Å². The van der Waals surface area contributed by atoms with E-state index in [1.54, 1.807) is 0 Å². The SMILES string of the molecule is Cc1cccnc1CN1CCC2(CC1)CC(NS(=O)(=O)C1CC1)C2. The summed E-state index contributed by atoms with van der Waals surface area (Å²) in [5.41, 5.74) is 2.82. The summed E-state index contributed by atoms with van der Waals surface area (Å²) >= 11 is 0. The number of hydrogen-bond donors (Lipinski definition) is 1. The van der Waals surface area contributed by atoms with E-state index >= 15 is 0 Å². The molecule has 0 aromatic carbocycles. The Labute approximate surface area is 144 Å². The van der Waals surface area contributed by atoms with E-state index in [4.69, 9.17) is 0 Å². The number of pyridine rings is 1. The second kappa shape index (κ2) is 6.07. The van der Waals surface area contributed by atoms with Crippen LogP contribution < -0.4 is 4.72 Å². The van der Waals surface area contributed by atoms with Crippen LogP contribution in [0.4, 0.5) is 0 Å². The van der Waals surface area contributed by atoms with Crippen LogP contribution in [-0.4, -0.2) is 42.7 Å². The molecule has 1 N–H and O–H groups in total. The predicted octanol–water partition coefficient (Wildman–Crippen LogP) is 2.22. The molecule has 0 unspecified atom stereocenters. The van der Waals surface area contributed by atoms with Crippen molar-refractivity contribution in [2.24, 2.45) is 5.41 Å². The van der Waals surface area contributed by atoms with Gasteiger partial charge in [-0.3, -0.25) is 9.88 Å². The Bertz CT molecular complexity index is 699. The van der Waals surface area contributed by atoms with E-state index in [0.717, 1.165) is 45.3 Å². The van der Waals surface area contributed by atoms with Gasteiger partial charge >= 0.3 is 0 Å². The molecular formula is C18H27N3O2S. The zero-order valence-corrected chi connectivity index (χ0v) is 15.2. The van der Waals surface area contributed by atoms with Gasteiger partial charge in [-0.2, -0.15) is 0 Å². The van der Waals surface area contributed by atoms with Crippen LogP contribution in [0, 0.1) is 12.3 Å². The monoisotopic (exact) mass is 349 g/mol. The van der Waals surface area contributed by atoms with Gasteiger partial charge in [0, 0.05) is 18.8 Å². The Morgan fingerprint density at radius 2 is 2.00 bits per heavy atom. The lowest BCUT2D eigenvalue weighted by atomic mass is 9.60. The molecule has 0 amide bonds. The van der Waals surface area contributed by atoms with Gasteiger partial charge in [0.2, 0.25) is 10.0 Å². The molecule has 6 heteroatoms. The lowest BCUT2D eigenvalue weighted by molar-refractivity contribution is 0.0102. The average molecular weight is 350 g/mol. The number of piperidine rings is 1. The Morgan fingerprint density at radius 1 is 1.29 bits per heavy atom. The van der Waals surface area contributed by atoms with Crippen LogP contribution in [0.25, 0.3) is 0 Å². The minimum Gasteiger partial charge on any atom is -0.297 e. The van der Waals surface area contributed by atoms with E-state index in [-0.39, 0.29) is 11.3 Å². The van der Waals surface area contributed by atoms with Gasteiger partial charge in [0.1, 0.15) is 0 Å². The second-order valence-electron chi connectivity index (χ2n) is 8.01. The minimum absolute atomic E-state index is 0.0995. The number of hydrogen-bond acceptors (Lipinski definition) is 4. The molecule has 24 heavy (non-hydrogen) atoms. The van der Waals surface area contributed by atoms with Crippen LogP contribution in [0.2, 0.25) is 0 Å². The molecule has 2 heterocycles. The molecule has 0 radical (unpaired) electrons. The molecule has 1 aromatic heterocycles. The molecule has 3 fully saturated rings. The Balaban J connectivity index is 1.26. The van der Waals surface area contributed by atoms with E-state index in [1.807, 2.05) is 12.3 Å². The highest BCUT2D eigenvalue weighted by molar-refractivity contribution is 7.90. The van der Waals surface area contributed by atoms with E-state index in [2.05, 4.69) is 27.6 Å². The lowest BCUT2D eigenvalue weighted by Crippen LogP contribution is -2.55. The number of aromatic nitrogens is 1. The first-order valence-corrected chi connectivity index (χ1v) is 10.6. The quantitative estimate of drug-likeness (QED) is 0.885. The van der Waals surface area contributed by atoms with E-state index in [0.29, 0.717) is 5.41 Å². The van der Waals surface area contributed by atoms with Crippen molar-refractivity contribution in [2.75, 3.05) is 13.1 Å². The lowest BCUT2D eigenvalue weighted by Gasteiger charge is -2.52.